The van der Waals surface area contributed by atoms with Gasteiger partial charge in [0.1, 0.15) is 0 Å². The van der Waals surface area contributed by atoms with E-state index < -0.39 is 6.29 Å². The van der Waals surface area contributed by atoms with E-state index in [0.717, 1.165) is 34.4 Å². The number of carbonyl (C=O) groups is 1. The lowest BCUT2D eigenvalue weighted by molar-refractivity contribution is -0.245. The number of amides is 2. The van der Waals surface area contributed by atoms with Gasteiger partial charge in [0.25, 0.3) is 0 Å². The lowest BCUT2D eigenvalue weighted by Crippen LogP contribution is -2.31. The van der Waals surface area contributed by atoms with Crippen LogP contribution in [0.25, 0.3) is 0 Å². The Labute approximate surface area is 233 Å². The molecule has 200 valence electrons. The summed E-state index contributed by atoms with van der Waals surface area (Å²) in [5.41, 5.74) is 4.54. The quantitative estimate of drug-likeness (QED) is 0.203. The minimum atomic E-state index is -0.538. The number of hydrogen-bond donors (Lipinski definition) is 3. The van der Waals surface area contributed by atoms with Crippen molar-refractivity contribution in [2.24, 2.45) is 0 Å². The molecule has 0 radical (unpaired) electrons. The molecule has 1 aliphatic rings. The SMILES string of the molecule is O=C(NCc1ccccc1)Nc1ccc([C@@H]2O[C@H](CSc3ccccc3)C[C@H](c3ccc(CO)cc3)O2)cc1. The van der Waals surface area contributed by atoms with Gasteiger partial charge in [-0.15, -0.1) is 11.8 Å². The maximum atomic E-state index is 12.4. The van der Waals surface area contributed by atoms with Gasteiger partial charge in [-0.3, -0.25) is 0 Å². The predicted octanol–water partition coefficient (Wildman–Crippen LogP) is 6.84. The summed E-state index contributed by atoms with van der Waals surface area (Å²) < 4.78 is 12.8. The van der Waals surface area contributed by atoms with Crippen molar-refractivity contribution in [3.8, 4) is 0 Å². The van der Waals surface area contributed by atoms with Crippen LogP contribution in [-0.2, 0) is 22.6 Å². The maximum Gasteiger partial charge on any atom is 0.319 e. The van der Waals surface area contributed by atoms with E-state index in [4.69, 9.17) is 9.47 Å². The van der Waals surface area contributed by atoms with E-state index in [1.807, 2.05) is 97.1 Å². The first-order valence-electron chi connectivity index (χ1n) is 13.0. The zero-order valence-electron chi connectivity index (χ0n) is 21.5. The lowest BCUT2D eigenvalue weighted by Gasteiger charge is -2.36. The third-order valence-corrected chi connectivity index (χ3v) is 7.67. The van der Waals surface area contributed by atoms with Crippen molar-refractivity contribution in [2.75, 3.05) is 11.1 Å². The molecule has 3 N–H and O–H groups in total. The van der Waals surface area contributed by atoms with Crippen LogP contribution in [0.1, 0.15) is 41.1 Å². The minimum absolute atomic E-state index is 0.0124. The molecule has 3 atom stereocenters. The first kappa shape index (κ1) is 27.0. The van der Waals surface area contributed by atoms with Crippen LogP contribution in [0, 0.1) is 0 Å². The second-order valence-corrected chi connectivity index (χ2v) is 10.5. The molecule has 5 rings (SSSR count). The molecule has 0 aromatic heterocycles. The van der Waals surface area contributed by atoms with Crippen LogP contribution in [0.3, 0.4) is 0 Å². The predicted molar refractivity (Wildman–Crippen MR) is 154 cm³/mol. The fraction of sp³-hybridized carbons (Fsp3) is 0.219. The number of anilines is 1. The van der Waals surface area contributed by atoms with E-state index in [2.05, 4.69) is 22.8 Å². The Morgan fingerprint density at radius 2 is 1.46 bits per heavy atom. The summed E-state index contributed by atoms with van der Waals surface area (Å²) in [5, 5.41) is 15.2. The van der Waals surface area contributed by atoms with Crippen molar-refractivity contribution in [3.63, 3.8) is 0 Å². The van der Waals surface area contributed by atoms with E-state index in [-0.39, 0.29) is 24.8 Å². The highest BCUT2D eigenvalue weighted by Gasteiger charge is 2.32. The molecule has 1 saturated heterocycles. The first-order chi connectivity index (χ1) is 19.2. The molecule has 4 aromatic rings. The molecular weight excluding hydrogens is 508 g/mol. The zero-order chi connectivity index (χ0) is 26.9. The Balaban J connectivity index is 1.24. The fourth-order valence-electron chi connectivity index (χ4n) is 4.41. The third kappa shape index (κ3) is 7.71. The molecule has 1 heterocycles. The lowest BCUT2D eigenvalue weighted by atomic mass is 10.0. The Bertz CT molecular complexity index is 1320. The number of carbonyl (C=O) groups excluding carboxylic acids is 1. The molecule has 7 heteroatoms. The van der Waals surface area contributed by atoms with Crippen LogP contribution >= 0.6 is 11.8 Å². The van der Waals surface area contributed by atoms with Crippen LogP contribution in [-0.4, -0.2) is 23.0 Å². The Hall–Kier alpha value is -3.62. The van der Waals surface area contributed by atoms with Crippen molar-refractivity contribution in [2.45, 2.75) is 43.0 Å². The van der Waals surface area contributed by atoms with Crippen molar-refractivity contribution >= 4 is 23.5 Å². The van der Waals surface area contributed by atoms with Gasteiger partial charge in [0, 0.05) is 34.9 Å². The van der Waals surface area contributed by atoms with E-state index in [9.17, 15) is 9.90 Å². The summed E-state index contributed by atoms with van der Waals surface area (Å²) in [6.45, 7) is 0.468. The summed E-state index contributed by atoms with van der Waals surface area (Å²) in [7, 11) is 0. The van der Waals surface area contributed by atoms with Crippen molar-refractivity contribution in [3.05, 3.63) is 131 Å². The number of benzene rings is 4. The van der Waals surface area contributed by atoms with Crippen LogP contribution in [0.15, 0.2) is 114 Å². The monoisotopic (exact) mass is 540 g/mol. The van der Waals surface area contributed by atoms with E-state index in [0.29, 0.717) is 12.2 Å². The number of thioether (sulfide) groups is 1. The van der Waals surface area contributed by atoms with Gasteiger partial charge in [0.15, 0.2) is 6.29 Å². The summed E-state index contributed by atoms with van der Waals surface area (Å²) in [6, 6.07) is 35.3. The molecule has 4 aromatic carbocycles. The zero-order valence-corrected chi connectivity index (χ0v) is 22.3. The van der Waals surface area contributed by atoms with Crippen molar-refractivity contribution in [1.29, 1.82) is 0 Å². The molecule has 0 unspecified atom stereocenters. The molecule has 6 nitrogen and oxygen atoms in total. The maximum absolute atomic E-state index is 12.4. The number of aliphatic hydroxyl groups is 1. The van der Waals surface area contributed by atoms with Crippen molar-refractivity contribution < 1.29 is 19.4 Å². The number of ether oxygens (including phenoxy) is 2. The molecule has 1 fully saturated rings. The highest BCUT2D eigenvalue weighted by Crippen LogP contribution is 2.39. The molecule has 39 heavy (non-hydrogen) atoms. The standard InChI is InChI=1S/C32H32N2O4S/c35-21-24-11-13-25(14-12-24)30-19-28(22-39-29-9-5-2-6-10-29)37-31(38-30)26-15-17-27(18-16-26)34-32(36)33-20-23-7-3-1-4-8-23/h1-18,28,30-31,35H,19-22H2,(H2,33,34,36)/t28-,30+,31+/m0/s1. The molecule has 0 aliphatic carbocycles. The van der Waals surface area contributed by atoms with Gasteiger partial charge < -0.3 is 25.2 Å². The molecule has 0 bridgehead atoms. The van der Waals surface area contributed by atoms with Gasteiger partial charge in [-0.05, 0) is 41.0 Å². The minimum Gasteiger partial charge on any atom is -0.392 e. The van der Waals surface area contributed by atoms with Crippen molar-refractivity contribution in [1.82, 2.24) is 5.32 Å². The number of rotatable bonds is 9. The average Bonchev–Trinajstić information content (AvgIpc) is 3.00. The highest BCUT2D eigenvalue weighted by atomic mass is 32.2. The van der Waals surface area contributed by atoms with Gasteiger partial charge in [-0.25, -0.2) is 4.79 Å². The van der Waals surface area contributed by atoms with Crippen LogP contribution in [0.4, 0.5) is 10.5 Å². The second-order valence-electron chi connectivity index (χ2n) is 9.39. The largest absolute Gasteiger partial charge is 0.392 e. The Kier molecular flexibility index (Phi) is 9.30. The van der Waals surface area contributed by atoms with Gasteiger partial charge >= 0.3 is 6.03 Å². The topological polar surface area (TPSA) is 79.8 Å². The summed E-state index contributed by atoms with van der Waals surface area (Å²) >= 11 is 1.77. The fourth-order valence-corrected chi connectivity index (χ4v) is 5.35. The van der Waals surface area contributed by atoms with Crippen LogP contribution < -0.4 is 10.6 Å². The summed E-state index contributed by atoms with van der Waals surface area (Å²) in [4.78, 5) is 13.6. The second kappa shape index (κ2) is 13.4. The van der Waals surface area contributed by atoms with E-state index in [1.54, 1.807) is 11.8 Å². The molecule has 1 aliphatic heterocycles. The Morgan fingerprint density at radius 3 is 2.15 bits per heavy atom. The molecule has 0 spiro atoms. The first-order valence-corrected chi connectivity index (χ1v) is 14.0. The van der Waals surface area contributed by atoms with Gasteiger partial charge in [0.05, 0.1) is 18.8 Å². The third-order valence-electron chi connectivity index (χ3n) is 6.53. The van der Waals surface area contributed by atoms with Crippen LogP contribution in [0.2, 0.25) is 0 Å². The van der Waals surface area contributed by atoms with Gasteiger partial charge in [0.2, 0.25) is 0 Å². The number of urea groups is 1. The number of aliphatic hydroxyl groups excluding tert-OH is 1. The van der Waals surface area contributed by atoms with Gasteiger partial charge in [-0.1, -0.05) is 84.9 Å². The number of nitrogens with one attached hydrogen (secondary N) is 2. The number of hydrogen-bond acceptors (Lipinski definition) is 5. The molecule has 0 saturated carbocycles. The van der Waals surface area contributed by atoms with Gasteiger partial charge in [-0.2, -0.15) is 0 Å². The highest BCUT2D eigenvalue weighted by molar-refractivity contribution is 7.99. The van der Waals surface area contributed by atoms with Crippen LogP contribution in [0.5, 0.6) is 0 Å². The molecular formula is C32H32N2O4S. The Morgan fingerprint density at radius 1 is 0.795 bits per heavy atom. The summed E-state index contributed by atoms with van der Waals surface area (Å²) in [5.74, 6) is 0.802. The van der Waals surface area contributed by atoms with E-state index in [1.165, 1.54) is 4.90 Å². The van der Waals surface area contributed by atoms with E-state index >= 15 is 0 Å². The smallest absolute Gasteiger partial charge is 0.319 e. The average molecular weight is 541 g/mol. The summed E-state index contributed by atoms with van der Waals surface area (Å²) in [6.07, 6.45) is 0.0387. The molecule has 2 amide bonds. The normalized spacial score (nSPS) is 18.8.